The fourth-order valence-corrected chi connectivity index (χ4v) is 7.72. The predicted octanol–water partition coefficient (Wildman–Crippen LogP) is 6.51. The number of nitrogens with one attached hydrogen (secondary N) is 1. The molecule has 1 atom stereocenters. The molecule has 1 unspecified atom stereocenters. The van der Waals surface area contributed by atoms with Crippen LogP contribution in [0.25, 0.3) is 0 Å². The van der Waals surface area contributed by atoms with Crippen molar-refractivity contribution < 1.29 is 22.7 Å². The minimum absolute atomic E-state index is 0.0397. The van der Waals surface area contributed by atoms with Crippen molar-refractivity contribution in [3.63, 3.8) is 0 Å². The number of hydrogen-bond acceptors (Lipinski definition) is 5. The Bertz CT molecular complexity index is 1820. The number of amides is 2. The van der Waals surface area contributed by atoms with Crippen LogP contribution in [-0.2, 0) is 32.6 Å². The molecule has 48 heavy (non-hydrogen) atoms. The van der Waals surface area contributed by atoms with Crippen molar-refractivity contribution in [2.45, 2.75) is 76.4 Å². The first-order valence-corrected chi connectivity index (χ1v) is 17.9. The average Bonchev–Trinajstić information content (AvgIpc) is 3.60. The monoisotopic (exact) mass is 667 g/mol. The molecule has 1 aliphatic carbocycles. The number of carbonyl (C=O) groups excluding carboxylic acids is 2. The maximum absolute atomic E-state index is 14.8. The Kier molecular flexibility index (Phi) is 11.2. The second-order valence-electron chi connectivity index (χ2n) is 12.6. The van der Waals surface area contributed by atoms with Gasteiger partial charge in [0, 0.05) is 19.0 Å². The second kappa shape index (κ2) is 15.5. The number of carbonyl (C=O) groups is 2. The Morgan fingerprint density at radius 1 is 0.854 bits per heavy atom. The van der Waals surface area contributed by atoms with Gasteiger partial charge < -0.3 is 15.0 Å². The Hall–Kier alpha value is -4.63. The van der Waals surface area contributed by atoms with Crippen LogP contribution in [0.2, 0.25) is 0 Å². The molecule has 8 nitrogen and oxygen atoms in total. The molecule has 1 N–H and O–H groups in total. The molecule has 0 aliphatic heterocycles. The molecule has 0 bridgehead atoms. The minimum Gasteiger partial charge on any atom is -0.497 e. The van der Waals surface area contributed by atoms with Gasteiger partial charge in [0.15, 0.2) is 0 Å². The van der Waals surface area contributed by atoms with E-state index >= 15 is 0 Å². The van der Waals surface area contributed by atoms with E-state index in [0.717, 1.165) is 53.5 Å². The van der Waals surface area contributed by atoms with Crippen LogP contribution >= 0.6 is 0 Å². The standard InChI is InChI=1S/C39H45N3O5S/c1-28-20-22-35(23-21-28)48(45,46)42(36-19-10-12-29(2)30(36)3)27-38(43)41(26-32-15-11-18-34(24-32)47-4)37(25-31-13-6-5-7-14-31)39(44)40-33-16-8-9-17-33/h5-7,10-15,18-24,33,37H,8-9,16-17,25-27H2,1-4H3,(H,40,44). The van der Waals surface area contributed by atoms with Crippen LogP contribution in [0.3, 0.4) is 0 Å². The van der Waals surface area contributed by atoms with Crippen LogP contribution < -0.4 is 14.4 Å². The highest BCUT2D eigenvalue weighted by atomic mass is 32.2. The molecule has 0 spiro atoms. The fraction of sp³-hybridized carbons (Fsp3) is 0.333. The summed E-state index contributed by atoms with van der Waals surface area (Å²) in [5, 5.41) is 3.22. The minimum atomic E-state index is -4.18. The van der Waals surface area contributed by atoms with E-state index in [2.05, 4.69) is 5.32 Å². The average molecular weight is 668 g/mol. The fourth-order valence-electron chi connectivity index (χ4n) is 6.25. The lowest BCUT2D eigenvalue weighted by Gasteiger charge is -2.35. The highest BCUT2D eigenvalue weighted by molar-refractivity contribution is 7.92. The second-order valence-corrected chi connectivity index (χ2v) is 14.5. The number of methoxy groups -OCH3 is 1. The number of sulfonamides is 1. The summed E-state index contributed by atoms with van der Waals surface area (Å²) >= 11 is 0. The van der Waals surface area contributed by atoms with E-state index in [1.54, 1.807) is 43.5 Å². The van der Waals surface area contributed by atoms with E-state index in [4.69, 9.17) is 4.74 Å². The zero-order valence-electron chi connectivity index (χ0n) is 28.2. The lowest BCUT2D eigenvalue weighted by molar-refractivity contribution is -0.140. The largest absolute Gasteiger partial charge is 0.497 e. The molecule has 1 fully saturated rings. The maximum Gasteiger partial charge on any atom is 0.264 e. The van der Waals surface area contributed by atoms with Crippen molar-refractivity contribution in [3.8, 4) is 5.75 Å². The van der Waals surface area contributed by atoms with Crippen molar-refractivity contribution in [2.75, 3.05) is 18.0 Å². The number of anilines is 1. The van der Waals surface area contributed by atoms with Crippen molar-refractivity contribution in [1.29, 1.82) is 0 Å². The summed E-state index contributed by atoms with van der Waals surface area (Å²) in [5.74, 6) is -0.118. The molecule has 1 aliphatic rings. The summed E-state index contributed by atoms with van der Waals surface area (Å²) in [5.41, 5.74) is 4.64. The quantitative estimate of drug-likeness (QED) is 0.175. The van der Waals surface area contributed by atoms with Crippen LogP contribution in [0.4, 0.5) is 5.69 Å². The van der Waals surface area contributed by atoms with Gasteiger partial charge in [-0.2, -0.15) is 0 Å². The first kappa shape index (κ1) is 34.7. The highest BCUT2D eigenvalue weighted by Gasteiger charge is 2.36. The van der Waals surface area contributed by atoms with E-state index in [1.165, 1.54) is 9.21 Å². The first-order chi connectivity index (χ1) is 23.1. The third-order valence-corrected chi connectivity index (χ3v) is 11.0. The number of rotatable bonds is 13. The van der Waals surface area contributed by atoms with Gasteiger partial charge in [0.1, 0.15) is 18.3 Å². The summed E-state index contributed by atoms with van der Waals surface area (Å²) in [6.07, 6.45) is 4.14. The molecule has 4 aromatic carbocycles. The van der Waals surface area contributed by atoms with E-state index in [-0.39, 0.29) is 29.8 Å². The first-order valence-electron chi connectivity index (χ1n) is 16.5. The van der Waals surface area contributed by atoms with E-state index in [0.29, 0.717) is 11.4 Å². The Morgan fingerprint density at radius 3 is 2.21 bits per heavy atom. The van der Waals surface area contributed by atoms with Gasteiger partial charge in [-0.15, -0.1) is 0 Å². The van der Waals surface area contributed by atoms with Gasteiger partial charge in [-0.1, -0.05) is 85.1 Å². The van der Waals surface area contributed by atoms with Gasteiger partial charge >= 0.3 is 0 Å². The zero-order valence-corrected chi connectivity index (χ0v) is 29.0. The molecule has 0 aromatic heterocycles. The molecule has 0 saturated heterocycles. The van der Waals surface area contributed by atoms with Gasteiger partial charge in [0.25, 0.3) is 10.0 Å². The van der Waals surface area contributed by atoms with Crippen molar-refractivity contribution >= 4 is 27.5 Å². The summed E-state index contributed by atoms with van der Waals surface area (Å²) in [6.45, 7) is 5.25. The predicted molar refractivity (Wildman–Crippen MR) is 190 cm³/mol. The van der Waals surface area contributed by atoms with Gasteiger partial charge in [-0.25, -0.2) is 8.42 Å². The Morgan fingerprint density at radius 2 is 1.52 bits per heavy atom. The summed E-state index contributed by atoms with van der Waals surface area (Å²) in [7, 11) is -2.60. The molecule has 1 saturated carbocycles. The van der Waals surface area contributed by atoms with Gasteiger partial charge in [0.05, 0.1) is 17.7 Å². The Balaban J connectivity index is 1.60. The maximum atomic E-state index is 14.8. The topological polar surface area (TPSA) is 96.0 Å². The van der Waals surface area contributed by atoms with Crippen LogP contribution in [-0.4, -0.2) is 50.9 Å². The Labute approximate surface area is 284 Å². The summed E-state index contributed by atoms with van der Waals surface area (Å²) in [6, 6.07) is 28.2. The molecule has 252 valence electrons. The number of benzene rings is 4. The van der Waals surface area contributed by atoms with Crippen LogP contribution in [0.1, 0.15) is 53.5 Å². The molecular weight excluding hydrogens is 623 g/mol. The summed E-state index contributed by atoms with van der Waals surface area (Å²) in [4.78, 5) is 30.6. The molecule has 0 radical (unpaired) electrons. The van der Waals surface area contributed by atoms with E-state index < -0.39 is 28.5 Å². The normalized spacial score (nSPS) is 13.9. The smallest absolute Gasteiger partial charge is 0.264 e. The number of aryl methyl sites for hydroxylation is 2. The summed E-state index contributed by atoms with van der Waals surface area (Å²) < 4.78 is 35.4. The van der Waals surface area contributed by atoms with Gasteiger partial charge in [-0.05, 0) is 86.2 Å². The SMILES string of the molecule is COc1cccc(CN(C(=O)CN(c2cccc(C)c2C)S(=O)(=O)c2ccc(C)cc2)C(Cc2ccccc2)C(=O)NC2CCCC2)c1. The van der Waals surface area contributed by atoms with Crippen LogP contribution in [0, 0.1) is 20.8 Å². The van der Waals surface area contributed by atoms with Gasteiger partial charge in [-0.3, -0.25) is 13.9 Å². The van der Waals surface area contributed by atoms with Crippen molar-refractivity contribution in [2.24, 2.45) is 0 Å². The lowest BCUT2D eigenvalue weighted by Crippen LogP contribution is -2.54. The molecule has 0 heterocycles. The number of nitrogens with zero attached hydrogens (tertiary/aromatic N) is 2. The van der Waals surface area contributed by atoms with E-state index in [9.17, 15) is 18.0 Å². The van der Waals surface area contributed by atoms with Crippen molar-refractivity contribution in [1.82, 2.24) is 10.2 Å². The number of hydrogen-bond donors (Lipinski definition) is 1. The zero-order chi connectivity index (χ0) is 34.3. The molecule has 5 rings (SSSR count). The third kappa shape index (κ3) is 8.26. The number of ether oxygens (including phenoxy) is 1. The molecule has 2 amide bonds. The van der Waals surface area contributed by atoms with Crippen LogP contribution in [0.5, 0.6) is 5.75 Å². The third-order valence-electron chi connectivity index (χ3n) is 9.19. The molecule has 4 aromatic rings. The van der Waals surface area contributed by atoms with Crippen LogP contribution in [0.15, 0.2) is 102 Å². The highest BCUT2D eigenvalue weighted by Crippen LogP contribution is 2.30. The van der Waals surface area contributed by atoms with Crippen molar-refractivity contribution in [3.05, 3.63) is 125 Å². The lowest BCUT2D eigenvalue weighted by atomic mass is 10.0. The molecular formula is C39H45N3O5S. The van der Waals surface area contributed by atoms with Gasteiger partial charge in [0.2, 0.25) is 11.8 Å². The van der Waals surface area contributed by atoms with E-state index in [1.807, 2.05) is 81.4 Å². The molecule has 9 heteroatoms.